The van der Waals surface area contributed by atoms with Crippen molar-refractivity contribution < 1.29 is 0 Å². The van der Waals surface area contributed by atoms with Gasteiger partial charge in [-0.1, -0.05) is 19.9 Å². The fourth-order valence-corrected chi connectivity index (χ4v) is 1.61. The first-order valence-electron chi connectivity index (χ1n) is 5.61. The van der Waals surface area contributed by atoms with Crippen molar-refractivity contribution in [3.8, 4) is 0 Å². The molecule has 3 nitrogen and oxygen atoms in total. The predicted molar refractivity (Wildman–Crippen MR) is 64.8 cm³/mol. The molecule has 3 heteroatoms. The van der Waals surface area contributed by atoms with Crippen molar-refractivity contribution in [1.82, 2.24) is 4.98 Å². The maximum Gasteiger partial charge on any atom is 0.125 e. The van der Waals surface area contributed by atoms with Gasteiger partial charge in [0.1, 0.15) is 5.82 Å². The molecule has 1 aromatic rings. The van der Waals surface area contributed by atoms with Crippen molar-refractivity contribution >= 4 is 5.82 Å². The van der Waals surface area contributed by atoms with Gasteiger partial charge in [0.05, 0.1) is 0 Å². The molecule has 0 aliphatic heterocycles. The Morgan fingerprint density at radius 2 is 2.07 bits per heavy atom. The number of nitrogens with two attached hydrogens (primary N) is 1. The molecule has 15 heavy (non-hydrogen) atoms. The summed E-state index contributed by atoms with van der Waals surface area (Å²) in [7, 11) is 0. The first kappa shape index (κ1) is 12.0. The minimum atomic E-state index is 0.206. The van der Waals surface area contributed by atoms with Gasteiger partial charge >= 0.3 is 0 Å². The van der Waals surface area contributed by atoms with Gasteiger partial charge in [0.25, 0.3) is 0 Å². The van der Waals surface area contributed by atoms with Gasteiger partial charge in [-0.3, -0.25) is 0 Å². The molecule has 1 aromatic heterocycles. The minimum absolute atomic E-state index is 0.206. The van der Waals surface area contributed by atoms with E-state index in [-0.39, 0.29) is 5.41 Å². The van der Waals surface area contributed by atoms with Crippen molar-refractivity contribution in [2.24, 2.45) is 11.1 Å². The van der Waals surface area contributed by atoms with Crippen LogP contribution in [0.1, 0.15) is 26.7 Å². The SMILES string of the molecule is CCC(CC)(CN)CNc1ccccn1. The molecule has 1 rings (SSSR count). The molecule has 0 fully saturated rings. The number of nitrogens with one attached hydrogen (secondary N) is 1. The van der Waals surface area contributed by atoms with Crippen LogP contribution in [0.2, 0.25) is 0 Å². The maximum absolute atomic E-state index is 5.83. The average Bonchev–Trinajstić information content (AvgIpc) is 2.33. The van der Waals surface area contributed by atoms with Gasteiger partial charge in [0.2, 0.25) is 0 Å². The molecule has 0 unspecified atom stereocenters. The summed E-state index contributed by atoms with van der Waals surface area (Å²) in [6, 6.07) is 5.88. The maximum atomic E-state index is 5.83. The van der Waals surface area contributed by atoms with Crippen molar-refractivity contribution in [2.45, 2.75) is 26.7 Å². The van der Waals surface area contributed by atoms with Crippen LogP contribution >= 0.6 is 0 Å². The van der Waals surface area contributed by atoms with E-state index in [0.717, 1.165) is 31.7 Å². The standard InChI is InChI=1S/C12H21N3/c1-3-12(4-2,9-13)10-15-11-7-5-6-8-14-11/h5-8H,3-4,9-10,13H2,1-2H3,(H,14,15). The molecule has 0 atom stereocenters. The molecule has 0 radical (unpaired) electrons. The monoisotopic (exact) mass is 207 g/mol. The van der Waals surface area contributed by atoms with Gasteiger partial charge in [0.15, 0.2) is 0 Å². The highest BCUT2D eigenvalue weighted by molar-refractivity contribution is 5.33. The normalized spacial score (nSPS) is 11.4. The van der Waals surface area contributed by atoms with Crippen molar-refractivity contribution in [3.63, 3.8) is 0 Å². The fraction of sp³-hybridized carbons (Fsp3) is 0.583. The summed E-state index contributed by atoms with van der Waals surface area (Å²) in [5, 5.41) is 3.35. The Balaban J connectivity index is 2.54. The molecular weight excluding hydrogens is 186 g/mol. The van der Waals surface area contributed by atoms with Crippen molar-refractivity contribution in [3.05, 3.63) is 24.4 Å². The molecule has 0 saturated heterocycles. The van der Waals surface area contributed by atoms with Crippen LogP contribution in [0, 0.1) is 5.41 Å². The highest BCUT2D eigenvalue weighted by Crippen LogP contribution is 2.24. The highest BCUT2D eigenvalue weighted by atomic mass is 15.0. The predicted octanol–water partition coefficient (Wildman–Crippen LogP) is 2.26. The third-order valence-corrected chi connectivity index (χ3v) is 3.24. The fourth-order valence-electron chi connectivity index (χ4n) is 1.61. The quantitative estimate of drug-likeness (QED) is 0.752. The Bertz CT molecular complexity index is 259. The van der Waals surface area contributed by atoms with Crippen molar-refractivity contribution in [1.29, 1.82) is 0 Å². The Kier molecular flexibility index (Phi) is 4.56. The molecular formula is C12H21N3. The summed E-state index contributed by atoms with van der Waals surface area (Å²) < 4.78 is 0. The molecule has 3 N–H and O–H groups in total. The van der Waals surface area contributed by atoms with E-state index < -0.39 is 0 Å². The molecule has 0 saturated carbocycles. The Morgan fingerprint density at radius 1 is 1.33 bits per heavy atom. The number of hydrogen-bond donors (Lipinski definition) is 2. The van der Waals surface area contributed by atoms with Gasteiger partial charge in [-0.15, -0.1) is 0 Å². The molecule has 84 valence electrons. The molecule has 1 heterocycles. The highest BCUT2D eigenvalue weighted by Gasteiger charge is 2.23. The number of pyridine rings is 1. The summed E-state index contributed by atoms with van der Waals surface area (Å²) >= 11 is 0. The number of nitrogens with zero attached hydrogens (tertiary/aromatic N) is 1. The lowest BCUT2D eigenvalue weighted by Crippen LogP contribution is -2.36. The molecule has 0 amide bonds. The first-order chi connectivity index (χ1) is 7.26. The molecule has 0 bridgehead atoms. The van der Waals surface area contributed by atoms with E-state index in [1.165, 1.54) is 0 Å². The second-order valence-corrected chi connectivity index (χ2v) is 3.98. The number of aromatic nitrogens is 1. The second kappa shape index (κ2) is 5.71. The lowest BCUT2D eigenvalue weighted by molar-refractivity contribution is 0.294. The Hall–Kier alpha value is -1.09. The van der Waals surface area contributed by atoms with E-state index in [4.69, 9.17) is 5.73 Å². The van der Waals surface area contributed by atoms with Crippen LogP contribution in [0.3, 0.4) is 0 Å². The summed E-state index contributed by atoms with van der Waals surface area (Å²) in [6.45, 7) is 6.00. The van der Waals surface area contributed by atoms with Crippen LogP contribution < -0.4 is 11.1 Å². The topological polar surface area (TPSA) is 50.9 Å². The van der Waals surface area contributed by atoms with Crippen LogP contribution in [-0.4, -0.2) is 18.1 Å². The van der Waals surface area contributed by atoms with E-state index >= 15 is 0 Å². The second-order valence-electron chi connectivity index (χ2n) is 3.98. The largest absolute Gasteiger partial charge is 0.369 e. The van der Waals surface area contributed by atoms with Crippen molar-refractivity contribution in [2.75, 3.05) is 18.4 Å². The lowest BCUT2D eigenvalue weighted by Gasteiger charge is -2.30. The van der Waals surface area contributed by atoms with E-state index in [1.807, 2.05) is 18.2 Å². The van der Waals surface area contributed by atoms with E-state index in [9.17, 15) is 0 Å². The zero-order valence-electron chi connectivity index (χ0n) is 9.66. The van der Waals surface area contributed by atoms with E-state index in [0.29, 0.717) is 0 Å². The van der Waals surface area contributed by atoms with E-state index in [1.54, 1.807) is 6.20 Å². The van der Waals surface area contributed by atoms with Gasteiger partial charge in [-0.25, -0.2) is 4.98 Å². The third-order valence-electron chi connectivity index (χ3n) is 3.24. The van der Waals surface area contributed by atoms with Gasteiger partial charge in [-0.05, 0) is 36.9 Å². The average molecular weight is 207 g/mol. The minimum Gasteiger partial charge on any atom is -0.369 e. The van der Waals surface area contributed by atoms with Gasteiger partial charge in [0, 0.05) is 12.7 Å². The lowest BCUT2D eigenvalue weighted by atomic mass is 9.82. The van der Waals surface area contributed by atoms with Crippen LogP contribution in [-0.2, 0) is 0 Å². The van der Waals surface area contributed by atoms with Crippen LogP contribution in [0.4, 0.5) is 5.82 Å². The smallest absolute Gasteiger partial charge is 0.125 e. The van der Waals surface area contributed by atoms with Crippen LogP contribution in [0.5, 0.6) is 0 Å². The molecule has 0 spiro atoms. The number of anilines is 1. The third kappa shape index (κ3) is 3.20. The Labute approximate surface area is 92.1 Å². The number of hydrogen-bond acceptors (Lipinski definition) is 3. The molecule has 0 aliphatic carbocycles. The van der Waals surface area contributed by atoms with Gasteiger partial charge in [-0.2, -0.15) is 0 Å². The number of rotatable bonds is 6. The Morgan fingerprint density at radius 3 is 2.53 bits per heavy atom. The summed E-state index contributed by atoms with van der Waals surface area (Å²) in [5.74, 6) is 0.928. The summed E-state index contributed by atoms with van der Waals surface area (Å²) in [6.07, 6.45) is 3.99. The van der Waals surface area contributed by atoms with Crippen LogP contribution in [0.15, 0.2) is 24.4 Å². The molecule has 0 aliphatic rings. The van der Waals surface area contributed by atoms with Crippen LogP contribution in [0.25, 0.3) is 0 Å². The zero-order valence-corrected chi connectivity index (χ0v) is 9.66. The summed E-state index contributed by atoms with van der Waals surface area (Å²) in [5.41, 5.74) is 6.04. The van der Waals surface area contributed by atoms with E-state index in [2.05, 4.69) is 24.1 Å². The van der Waals surface area contributed by atoms with Gasteiger partial charge < -0.3 is 11.1 Å². The summed E-state index contributed by atoms with van der Waals surface area (Å²) in [4.78, 5) is 4.23. The zero-order chi connectivity index (χ0) is 11.1. The molecule has 0 aromatic carbocycles. The first-order valence-corrected chi connectivity index (χ1v) is 5.61.